The smallest absolute Gasteiger partial charge is 0.336 e. The fourth-order valence-corrected chi connectivity index (χ4v) is 2.00. The highest BCUT2D eigenvalue weighted by molar-refractivity contribution is 6.02. The maximum Gasteiger partial charge on any atom is 0.336 e. The van der Waals surface area contributed by atoms with E-state index in [1.807, 2.05) is 0 Å². The van der Waals surface area contributed by atoms with E-state index in [0.717, 1.165) is 0 Å². The third-order valence-corrected chi connectivity index (χ3v) is 2.85. The Morgan fingerprint density at radius 2 is 2.14 bits per heavy atom. The van der Waals surface area contributed by atoms with Crippen LogP contribution in [0.15, 0.2) is 41.9 Å². The van der Waals surface area contributed by atoms with Crippen LogP contribution in [0.5, 0.6) is 0 Å². The summed E-state index contributed by atoms with van der Waals surface area (Å²) in [5.74, 6) is -0.644. The fraction of sp³-hybridized carbons (Fsp3) is 0. The molecule has 3 rings (SSSR count). The van der Waals surface area contributed by atoms with Gasteiger partial charge in [0.1, 0.15) is 5.53 Å². The summed E-state index contributed by atoms with van der Waals surface area (Å²) < 4.78 is 1.42. The second-order valence-corrected chi connectivity index (χ2v) is 4.00. The van der Waals surface area contributed by atoms with Crippen molar-refractivity contribution in [1.82, 2.24) is 24.7 Å². The Labute approximate surface area is 117 Å². The molecule has 9 heteroatoms. The second kappa shape index (κ2) is 4.91. The number of fused-ring (bicyclic) bond motifs is 1. The summed E-state index contributed by atoms with van der Waals surface area (Å²) in [5.41, 5.74) is 7.50. The van der Waals surface area contributed by atoms with Gasteiger partial charge in [0.15, 0.2) is 5.11 Å². The lowest BCUT2D eigenvalue weighted by atomic mass is 10.1. The molecule has 0 aliphatic carbocycles. The van der Waals surface area contributed by atoms with Crippen LogP contribution in [0.25, 0.3) is 16.7 Å². The SMILES string of the molecule is N=[N+]=Nc1nccnc1-n1ncc2c(C(=O)O)cccc21. The Morgan fingerprint density at radius 1 is 1.33 bits per heavy atom. The molecule has 0 aliphatic heterocycles. The summed E-state index contributed by atoms with van der Waals surface area (Å²) in [7, 11) is 0. The zero-order valence-corrected chi connectivity index (χ0v) is 10.5. The van der Waals surface area contributed by atoms with Gasteiger partial charge in [-0.25, -0.2) is 19.4 Å². The predicted octanol–water partition coefficient (Wildman–Crippen LogP) is 1.70. The van der Waals surface area contributed by atoms with Gasteiger partial charge >= 0.3 is 5.97 Å². The van der Waals surface area contributed by atoms with E-state index < -0.39 is 5.97 Å². The molecular weight excluding hydrogens is 274 g/mol. The number of nitrogens with one attached hydrogen (secondary N) is 1. The molecule has 0 saturated carbocycles. The topological polar surface area (TPSA) is 131 Å². The Bertz CT molecular complexity index is 896. The van der Waals surface area contributed by atoms with Gasteiger partial charge in [0.2, 0.25) is 10.7 Å². The molecule has 2 heterocycles. The number of aromatic carboxylic acids is 1. The minimum absolute atomic E-state index is 0.123. The van der Waals surface area contributed by atoms with Crippen LogP contribution < -0.4 is 4.91 Å². The van der Waals surface area contributed by atoms with E-state index in [4.69, 9.17) is 5.53 Å². The standard InChI is InChI=1S/C12H7N7O2/c13-18-17-10-11(15-5-4-14-10)19-9-3-1-2-7(12(20)21)8(9)6-16-19/h1-6,13H/p+1. The van der Waals surface area contributed by atoms with Gasteiger partial charge in [0, 0.05) is 17.8 Å². The molecule has 3 aromatic rings. The molecular formula is C12H8N7O2+. The molecule has 0 fully saturated rings. The van der Waals surface area contributed by atoms with Crippen LogP contribution >= 0.6 is 0 Å². The molecule has 0 unspecified atom stereocenters. The van der Waals surface area contributed by atoms with Crippen molar-refractivity contribution in [2.45, 2.75) is 0 Å². The van der Waals surface area contributed by atoms with Crippen LogP contribution in [0.1, 0.15) is 10.4 Å². The monoisotopic (exact) mass is 282 g/mol. The number of carboxylic acids is 1. The van der Waals surface area contributed by atoms with E-state index in [2.05, 4.69) is 25.1 Å². The molecule has 0 radical (unpaired) electrons. The van der Waals surface area contributed by atoms with Crippen molar-refractivity contribution in [3.05, 3.63) is 42.4 Å². The van der Waals surface area contributed by atoms with Crippen molar-refractivity contribution < 1.29 is 9.90 Å². The number of carbonyl (C=O) groups is 1. The van der Waals surface area contributed by atoms with Gasteiger partial charge in [-0.1, -0.05) is 6.07 Å². The number of carboxylic acid groups (broad SMARTS) is 1. The van der Waals surface area contributed by atoms with E-state index >= 15 is 0 Å². The fourth-order valence-electron chi connectivity index (χ4n) is 2.00. The molecule has 0 saturated heterocycles. The van der Waals surface area contributed by atoms with Crippen LogP contribution in [0.3, 0.4) is 0 Å². The first kappa shape index (κ1) is 12.6. The number of aromatic nitrogens is 4. The number of hydrogen-bond donors (Lipinski definition) is 2. The Morgan fingerprint density at radius 3 is 2.90 bits per heavy atom. The molecule has 0 amide bonds. The molecule has 9 nitrogen and oxygen atoms in total. The largest absolute Gasteiger partial charge is 0.478 e. The highest BCUT2D eigenvalue weighted by Crippen LogP contribution is 2.24. The highest BCUT2D eigenvalue weighted by Gasteiger charge is 2.17. The van der Waals surface area contributed by atoms with Gasteiger partial charge in [-0.3, -0.25) is 0 Å². The lowest BCUT2D eigenvalue weighted by Gasteiger charge is -2.02. The van der Waals surface area contributed by atoms with Crippen molar-refractivity contribution in [2.75, 3.05) is 0 Å². The van der Waals surface area contributed by atoms with Crippen molar-refractivity contribution in [1.29, 1.82) is 5.53 Å². The minimum Gasteiger partial charge on any atom is -0.478 e. The Kier molecular flexibility index (Phi) is 2.94. The summed E-state index contributed by atoms with van der Waals surface area (Å²) in [5, 5.41) is 17.4. The first-order valence-corrected chi connectivity index (χ1v) is 5.81. The number of rotatable bonds is 3. The molecule has 0 spiro atoms. The maximum absolute atomic E-state index is 11.2. The van der Waals surface area contributed by atoms with Gasteiger partial charge in [-0.15, -0.1) is 0 Å². The molecule has 102 valence electrons. The van der Waals surface area contributed by atoms with Crippen molar-refractivity contribution in [3.8, 4) is 5.82 Å². The lowest BCUT2D eigenvalue weighted by Crippen LogP contribution is -2.01. The summed E-state index contributed by atoms with van der Waals surface area (Å²) in [6.07, 6.45) is 4.31. The summed E-state index contributed by atoms with van der Waals surface area (Å²) >= 11 is 0. The third-order valence-electron chi connectivity index (χ3n) is 2.85. The molecule has 0 atom stereocenters. The summed E-state index contributed by atoms with van der Waals surface area (Å²) in [6.45, 7) is 0. The molecule has 1 aromatic carbocycles. The van der Waals surface area contributed by atoms with Gasteiger partial charge < -0.3 is 5.11 Å². The van der Waals surface area contributed by atoms with Crippen LogP contribution in [0.4, 0.5) is 5.82 Å². The Hall–Kier alpha value is -3.45. The van der Waals surface area contributed by atoms with Crippen LogP contribution in [0.2, 0.25) is 0 Å². The third kappa shape index (κ3) is 2.03. The molecule has 0 aliphatic rings. The highest BCUT2D eigenvalue weighted by atomic mass is 16.4. The van der Waals surface area contributed by atoms with E-state index in [0.29, 0.717) is 10.9 Å². The summed E-state index contributed by atoms with van der Waals surface area (Å²) in [6, 6.07) is 4.83. The van der Waals surface area contributed by atoms with Crippen LogP contribution in [0, 0.1) is 5.53 Å². The number of benzene rings is 1. The zero-order valence-electron chi connectivity index (χ0n) is 10.5. The normalized spacial score (nSPS) is 10.3. The second-order valence-electron chi connectivity index (χ2n) is 4.00. The minimum atomic E-state index is -1.04. The quantitative estimate of drug-likeness (QED) is 0.557. The first-order valence-electron chi connectivity index (χ1n) is 5.81. The molecule has 2 aromatic heterocycles. The van der Waals surface area contributed by atoms with E-state index in [1.165, 1.54) is 29.3 Å². The van der Waals surface area contributed by atoms with Crippen molar-refractivity contribution >= 4 is 22.7 Å². The van der Waals surface area contributed by atoms with Crippen LogP contribution in [-0.2, 0) is 0 Å². The predicted molar refractivity (Wildman–Crippen MR) is 70.6 cm³/mol. The zero-order chi connectivity index (χ0) is 14.8. The van der Waals surface area contributed by atoms with E-state index in [-0.39, 0.29) is 17.2 Å². The van der Waals surface area contributed by atoms with Gasteiger partial charge in [-0.2, -0.15) is 5.10 Å². The van der Waals surface area contributed by atoms with Crippen molar-refractivity contribution in [2.24, 2.45) is 5.11 Å². The first-order chi connectivity index (χ1) is 10.2. The molecule has 0 bridgehead atoms. The average molecular weight is 282 g/mol. The number of hydrogen-bond acceptors (Lipinski definition) is 6. The van der Waals surface area contributed by atoms with E-state index in [9.17, 15) is 9.90 Å². The average Bonchev–Trinajstić information content (AvgIpc) is 2.91. The summed E-state index contributed by atoms with van der Waals surface area (Å²) in [4.78, 5) is 22.2. The maximum atomic E-state index is 11.2. The molecule has 21 heavy (non-hydrogen) atoms. The van der Waals surface area contributed by atoms with E-state index in [1.54, 1.807) is 12.1 Å². The lowest BCUT2D eigenvalue weighted by molar-refractivity contribution is 0.0699. The van der Waals surface area contributed by atoms with Crippen molar-refractivity contribution in [3.63, 3.8) is 0 Å². The van der Waals surface area contributed by atoms with Gasteiger partial charge in [-0.05, 0) is 12.1 Å². The van der Waals surface area contributed by atoms with Crippen LogP contribution in [-0.4, -0.2) is 30.8 Å². The number of nitrogens with zero attached hydrogens (tertiary/aromatic N) is 6. The Balaban J connectivity index is 2.30. The van der Waals surface area contributed by atoms with Gasteiger partial charge in [0.25, 0.3) is 5.82 Å². The van der Waals surface area contributed by atoms with Gasteiger partial charge in [0.05, 0.1) is 17.3 Å². The molecule has 2 N–H and O–H groups in total.